The summed E-state index contributed by atoms with van der Waals surface area (Å²) in [5.41, 5.74) is 5.78. The molecule has 3 atom stereocenters. The van der Waals surface area contributed by atoms with Gasteiger partial charge >= 0.3 is 0 Å². The molecule has 0 amide bonds. The Hall–Kier alpha value is -0.590. The van der Waals surface area contributed by atoms with Gasteiger partial charge in [-0.25, -0.2) is 0 Å². The maximum Gasteiger partial charge on any atom is 0.0638 e. The molecule has 0 spiro atoms. The van der Waals surface area contributed by atoms with Crippen molar-refractivity contribution >= 4 is 0 Å². The van der Waals surface area contributed by atoms with Gasteiger partial charge in [-0.05, 0) is 37.8 Å². The molecule has 2 N–H and O–H groups in total. The smallest absolute Gasteiger partial charge is 0.0638 e. The highest BCUT2D eigenvalue weighted by molar-refractivity contribution is 4.87. The van der Waals surface area contributed by atoms with Gasteiger partial charge in [0.1, 0.15) is 0 Å². The van der Waals surface area contributed by atoms with Crippen molar-refractivity contribution in [1.29, 1.82) is 5.26 Å². The highest BCUT2D eigenvalue weighted by Gasteiger charge is 2.28. The number of rotatable bonds is 4. The van der Waals surface area contributed by atoms with E-state index in [4.69, 9.17) is 11.0 Å². The third kappa shape index (κ3) is 3.19. The fraction of sp³-hybridized carbons (Fsp3) is 0.917. The minimum atomic E-state index is 0.441. The summed E-state index contributed by atoms with van der Waals surface area (Å²) in [6, 6.07) is 2.73. The molecule has 1 heterocycles. The Balaban J connectivity index is 2.52. The molecule has 1 saturated heterocycles. The molecule has 0 aliphatic carbocycles. The molecule has 0 aromatic heterocycles. The molecule has 3 heteroatoms. The van der Waals surface area contributed by atoms with Crippen LogP contribution in [-0.4, -0.2) is 30.6 Å². The van der Waals surface area contributed by atoms with Crippen LogP contribution in [0.1, 0.15) is 33.1 Å². The summed E-state index contributed by atoms with van der Waals surface area (Å²) in [5.74, 6) is 1.36. The average molecular weight is 209 g/mol. The first-order valence-corrected chi connectivity index (χ1v) is 6.04. The summed E-state index contributed by atoms with van der Waals surface area (Å²) in [6.45, 7) is 7.45. The summed E-state index contributed by atoms with van der Waals surface area (Å²) in [4.78, 5) is 2.46. The molecule has 86 valence electrons. The van der Waals surface area contributed by atoms with Gasteiger partial charge in [0.05, 0.1) is 12.5 Å². The fourth-order valence-corrected chi connectivity index (χ4v) is 2.45. The van der Waals surface area contributed by atoms with E-state index < -0.39 is 0 Å². The van der Waals surface area contributed by atoms with Crippen molar-refractivity contribution in [1.82, 2.24) is 4.90 Å². The zero-order valence-corrected chi connectivity index (χ0v) is 9.95. The van der Waals surface area contributed by atoms with Crippen LogP contribution in [-0.2, 0) is 0 Å². The fourth-order valence-electron chi connectivity index (χ4n) is 2.45. The van der Waals surface area contributed by atoms with Gasteiger partial charge in [-0.2, -0.15) is 5.26 Å². The minimum absolute atomic E-state index is 0.441. The Labute approximate surface area is 93.2 Å². The zero-order chi connectivity index (χ0) is 11.3. The van der Waals surface area contributed by atoms with Gasteiger partial charge in [0.25, 0.3) is 0 Å². The first-order valence-electron chi connectivity index (χ1n) is 6.04. The SMILES string of the molecule is CCC(CC#N)N1CCC(C)C(CN)C1. The van der Waals surface area contributed by atoms with Gasteiger partial charge in [0.2, 0.25) is 0 Å². The Kier molecular flexibility index (Phi) is 5.07. The van der Waals surface area contributed by atoms with Gasteiger partial charge in [0.15, 0.2) is 0 Å². The van der Waals surface area contributed by atoms with Crippen LogP contribution < -0.4 is 5.73 Å². The van der Waals surface area contributed by atoms with Crippen LogP contribution in [0.5, 0.6) is 0 Å². The number of nitrogens with two attached hydrogens (primary N) is 1. The van der Waals surface area contributed by atoms with E-state index >= 15 is 0 Å². The van der Waals surface area contributed by atoms with Crippen molar-refractivity contribution in [3.05, 3.63) is 0 Å². The van der Waals surface area contributed by atoms with Gasteiger partial charge in [-0.1, -0.05) is 13.8 Å². The van der Waals surface area contributed by atoms with E-state index in [2.05, 4.69) is 24.8 Å². The number of nitriles is 1. The summed E-state index contributed by atoms with van der Waals surface area (Å²) in [7, 11) is 0. The lowest BCUT2D eigenvalue weighted by Crippen LogP contribution is -2.47. The van der Waals surface area contributed by atoms with E-state index in [1.54, 1.807) is 0 Å². The van der Waals surface area contributed by atoms with Crippen molar-refractivity contribution in [2.24, 2.45) is 17.6 Å². The third-order valence-electron chi connectivity index (χ3n) is 3.76. The second-order valence-electron chi connectivity index (χ2n) is 4.68. The highest BCUT2D eigenvalue weighted by Crippen LogP contribution is 2.25. The Morgan fingerprint density at radius 3 is 2.87 bits per heavy atom. The van der Waals surface area contributed by atoms with Crippen LogP contribution in [0.2, 0.25) is 0 Å². The van der Waals surface area contributed by atoms with E-state index in [0.29, 0.717) is 18.4 Å². The van der Waals surface area contributed by atoms with Crippen molar-refractivity contribution in [2.75, 3.05) is 19.6 Å². The quantitative estimate of drug-likeness (QED) is 0.765. The second-order valence-corrected chi connectivity index (χ2v) is 4.68. The number of likely N-dealkylation sites (tertiary alicyclic amines) is 1. The molecule has 3 unspecified atom stereocenters. The summed E-state index contributed by atoms with van der Waals surface area (Å²) < 4.78 is 0. The predicted octanol–water partition coefficient (Wildman–Crippen LogP) is 1.60. The van der Waals surface area contributed by atoms with Crippen molar-refractivity contribution in [3.8, 4) is 6.07 Å². The van der Waals surface area contributed by atoms with Crippen molar-refractivity contribution < 1.29 is 0 Å². The van der Waals surface area contributed by atoms with E-state index in [0.717, 1.165) is 32.0 Å². The lowest BCUT2D eigenvalue weighted by molar-refractivity contribution is 0.0904. The van der Waals surface area contributed by atoms with Crippen molar-refractivity contribution in [3.63, 3.8) is 0 Å². The lowest BCUT2D eigenvalue weighted by Gasteiger charge is -2.40. The van der Waals surface area contributed by atoms with E-state index in [9.17, 15) is 0 Å². The molecule has 0 bridgehead atoms. The molecule has 15 heavy (non-hydrogen) atoms. The van der Waals surface area contributed by atoms with Crippen LogP contribution in [0.4, 0.5) is 0 Å². The lowest BCUT2D eigenvalue weighted by atomic mass is 9.86. The van der Waals surface area contributed by atoms with Crippen LogP contribution in [0.15, 0.2) is 0 Å². The molecule has 0 saturated carbocycles. The molecule has 1 aliphatic heterocycles. The van der Waals surface area contributed by atoms with Gasteiger partial charge in [-0.15, -0.1) is 0 Å². The van der Waals surface area contributed by atoms with E-state index in [1.807, 2.05) is 0 Å². The second kappa shape index (κ2) is 6.09. The van der Waals surface area contributed by atoms with Crippen LogP contribution in [0, 0.1) is 23.2 Å². The Morgan fingerprint density at radius 1 is 1.60 bits per heavy atom. The standard InChI is InChI=1S/C12H23N3/c1-3-12(4-6-13)15-7-5-10(2)11(8-14)9-15/h10-12H,3-5,7-9,14H2,1-2H3. The summed E-state index contributed by atoms with van der Waals surface area (Å²) in [6.07, 6.45) is 2.95. The van der Waals surface area contributed by atoms with Gasteiger partial charge in [-0.3, -0.25) is 4.90 Å². The number of hydrogen-bond donors (Lipinski definition) is 1. The Bertz CT molecular complexity index is 221. The molecular formula is C12H23N3. The van der Waals surface area contributed by atoms with E-state index in [1.165, 1.54) is 6.42 Å². The molecular weight excluding hydrogens is 186 g/mol. The van der Waals surface area contributed by atoms with Crippen LogP contribution in [0.3, 0.4) is 0 Å². The highest BCUT2D eigenvalue weighted by atomic mass is 15.2. The largest absolute Gasteiger partial charge is 0.330 e. The molecule has 0 aromatic rings. The molecule has 1 aliphatic rings. The number of nitrogens with zero attached hydrogens (tertiary/aromatic N) is 2. The van der Waals surface area contributed by atoms with Gasteiger partial charge in [0, 0.05) is 12.6 Å². The minimum Gasteiger partial charge on any atom is -0.330 e. The van der Waals surface area contributed by atoms with Crippen LogP contribution in [0.25, 0.3) is 0 Å². The molecule has 3 nitrogen and oxygen atoms in total. The summed E-state index contributed by atoms with van der Waals surface area (Å²) >= 11 is 0. The first-order chi connectivity index (χ1) is 7.22. The first kappa shape index (κ1) is 12.5. The molecule has 1 fully saturated rings. The van der Waals surface area contributed by atoms with Crippen LogP contribution >= 0.6 is 0 Å². The Morgan fingerprint density at radius 2 is 2.33 bits per heavy atom. The normalized spacial score (nSPS) is 29.7. The molecule has 0 radical (unpaired) electrons. The molecule has 0 aromatic carbocycles. The maximum absolute atomic E-state index is 8.77. The zero-order valence-electron chi connectivity index (χ0n) is 9.95. The third-order valence-corrected chi connectivity index (χ3v) is 3.76. The maximum atomic E-state index is 8.77. The van der Waals surface area contributed by atoms with Crippen molar-refractivity contribution in [2.45, 2.75) is 39.2 Å². The molecule has 1 rings (SSSR count). The number of hydrogen-bond acceptors (Lipinski definition) is 3. The monoisotopic (exact) mass is 209 g/mol. The topological polar surface area (TPSA) is 53.0 Å². The summed E-state index contributed by atoms with van der Waals surface area (Å²) in [5, 5.41) is 8.77. The predicted molar refractivity (Wildman–Crippen MR) is 62.2 cm³/mol. The van der Waals surface area contributed by atoms with E-state index in [-0.39, 0.29) is 0 Å². The van der Waals surface area contributed by atoms with Gasteiger partial charge < -0.3 is 5.73 Å². The number of piperidine rings is 1. The average Bonchev–Trinajstić information content (AvgIpc) is 2.27.